The fourth-order valence-corrected chi connectivity index (χ4v) is 6.25. The smallest absolute Gasteiger partial charge is 0.257 e. The van der Waals surface area contributed by atoms with Gasteiger partial charge in [-0.15, -0.1) is 11.3 Å². The largest absolute Gasteiger partial charge is 0.361 e. The van der Waals surface area contributed by atoms with Crippen LogP contribution in [0.5, 0.6) is 0 Å². The van der Waals surface area contributed by atoms with Crippen LogP contribution in [0.1, 0.15) is 27.5 Å². The Hall–Kier alpha value is -2.06. The lowest BCUT2D eigenvalue weighted by atomic mass is 9.83. The lowest BCUT2D eigenvalue weighted by molar-refractivity contribution is -0.173. The van der Waals surface area contributed by atoms with Gasteiger partial charge in [-0.3, -0.25) is 14.7 Å². The molecule has 2 aliphatic rings. The number of nitrogens with zero attached hydrogens (tertiary/aromatic N) is 3. The highest BCUT2D eigenvalue weighted by molar-refractivity contribution is 7.10. The number of carbonyl (C=O) groups is 1. The summed E-state index contributed by atoms with van der Waals surface area (Å²) < 4.78 is 6.38. The second kappa shape index (κ2) is 8.23. The zero-order valence-electron chi connectivity index (χ0n) is 17.0. The normalized spacial score (nSPS) is 24.8. The second-order valence-corrected chi connectivity index (χ2v) is 9.91. The number of aryl methyl sites for hydroxylation is 1. The number of thiophene rings is 2. The Bertz CT molecular complexity index is 1000. The molecule has 2 saturated heterocycles. The maximum Gasteiger partial charge on any atom is 0.257 e. The van der Waals surface area contributed by atoms with Crippen LogP contribution in [0.15, 0.2) is 52.8 Å². The minimum Gasteiger partial charge on any atom is -0.361 e. The lowest BCUT2D eigenvalue weighted by Gasteiger charge is -2.42. The third-order valence-corrected chi connectivity index (χ3v) is 7.95. The summed E-state index contributed by atoms with van der Waals surface area (Å²) in [5, 5.41) is 6.32. The van der Waals surface area contributed by atoms with E-state index in [-0.39, 0.29) is 11.8 Å². The zero-order chi connectivity index (χ0) is 20.6. The molecule has 0 aromatic carbocycles. The van der Waals surface area contributed by atoms with Gasteiger partial charge in [0.1, 0.15) is 0 Å². The van der Waals surface area contributed by atoms with Gasteiger partial charge in [-0.05, 0) is 58.0 Å². The van der Waals surface area contributed by atoms with Crippen molar-refractivity contribution in [2.24, 2.45) is 0 Å². The molecule has 0 aliphatic carbocycles. The lowest BCUT2D eigenvalue weighted by Crippen LogP contribution is -2.59. The molecule has 0 radical (unpaired) electrons. The van der Waals surface area contributed by atoms with Crippen LogP contribution in [0.25, 0.3) is 0 Å². The first-order valence-corrected chi connectivity index (χ1v) is 12.1. The van der Waals surface area contributed by atoms with Crippen molar-refractivity contribution in [3.8, 4) is 0 Å². The molecule has 3 aromatic rings. The Morgan fingerprint density at radius 3 is 2.93 bits per heavy atom. The van der Waals surface area contributed by atoms with Crippen LogP contribution in [-0.2, 0) is 22.6 Å². The van der Waals surface area contributed by atoms with Gasteiger partial charge in [-0.2, -0.15) is 11.3 Å². The molecular formula is C23H25N3O2S2. The molecular weight excluding hydrogens is 414 g/mol. The van der Waals surface area contributed by atoms with E-state index in [0.717, 1.165) is 18.7 Å². The van der Waals surface area contributed by atoms with Crippen LogP contribution in [-0.4, -0.2) is 52.5 Å². The van der Waals surface area contributed by atoms with Crippen molar-refractivity contribution >= 4 is 28.6 Å². The van der Waals surface area contributed by atoms with E-state index in [9.17, 15) is 4.79 Å². The molecule has 3 aromatic heterocycles. The molecule has 2 fully saturated rings. The van der Waals surface area contributed by atoms with Crippen LogP contribution in [0.3, 0.4) is 0 Å². The van der Waals surface area contributed by atoms with E-state index in [0.29, 0.717) is 26.2 Å². The number of carbonyl (C=O) groups excluding carboxylic acids is 1. The molecule has 1 amide bonds. The number of aromatic nitrogens is 1. The third kappa shape index (κ3) is 3.60. The van der Waals surface area contributed by atoms with Gasteiger partial charge < -0.3 is 9.64 Å². The highest BCUT2D eigenvalue weighted by Crippen LogP contribution is 2.42. The molecule has 2 aliphatic heterocycles. The van der Waals surface area contributed by atoms with E-state index in [1.807, 2.05) is 17.2 Å². The van der Waals surface area contributed by atoms with Gasteiger partial charge in [0.05, 0.1) is 6.61 Å². The standard InChI is InChI=1S/C23H25N3O2S2/c1-17-4-10-30-21(17)14-25-13-20(19-3-2-6-24-11-19)23(16-25)22(27)26(7-8-28-23)12-18-5-9-29-15-18/h2-6,9-11,15,20H,7-8,12-14,16H2,1H3/t20-,23-/m1/s1. The summed E-state index contributed by atoms with van der Waals surface area (Å²) in [6, 6.07) is 8.29. The van der Waals surface area contributed by atoms with Crippen molar-refractivity contribution in [1.82, 2.24) is 14.8 Å². The Kier molecular flexibility index (Phi) is 5.45. The number of hydrogen-bond acceptors (Lipinski definition) is 6. The minimum absolute atomic E-state index is 0.0238. The number of amides is 1. The molecule has 30 heavy (non-hydrogen) atoms. The first-order valence-electron chi connectivity index (χ1n) is 10.3. The Balaban J connectivity index is 1.46. The number of hydrogen-bond donors (Lipinski definition) is 0. The van der Waals surface area contributed by atoms with E-state index in [1.165, 1.54) is 16.0 Å². The van der Waals surface area contributed by atoms with Crippen LogP contribution in [0, 0.1) is 6.92 Å². The predicted octanol–water partition coefficient (Wildman–Crippen LogP) is 3.91. The first kappa shape index (κ1) is 19.9. The van der Waals surface area contributed by atoms with Crippen molar-refractivity contribution in [3.63, 3.8) is 0 Å². The maximum absolute atomic E-state index is 13.8. The summed E-state index contributed by atoms with van der Waals surface area (Å²) in [7, 11) is 0. The Morgan fingerprint density at radius 2 is 2.20 bits per heavy atom. The van der Waals surface area contributed by atoms with Gasteiger partial charge in [0, 0.05) is 55.9 Å². The van der Waals surface area contributed by atoms with Crippen LogP contribution in [0.4, 0.5) is 0 Å². The molecule has 2 atom stereocenters. The van der Waals surface area contributed by atoms with Gasteiger partial charge in [0.25, 0.3) is 5.91 Å². The SMILES string of the molecule is Cc1ccsc1CN1C[C@H](c2cccnc2)[C@@]2(C1)OCCN(Cc1ccsc1)C2=O. The predicted molar refractivity (Wildman–Crippen MR) is 120 cm³/mol. The number of pyridine rings is 1. The number of ether oxygens (including phenoxy) is 1. The fraction of sp³-hybridized carbons (Fsp3) is 0.391. The van der Waals surface area contributed by atoms with E-state index < -0.39 is 5.60 Å². The molecule has 5 nitrogen and oxygen atoms in total. The van der Waals surface area contributed by atoms with Crippen LogP contribution < -0.4 is 0 Å². The van der Waals surface area contributed by atoms with Crippen molar-refractivity contribution in [2.75, 3.05) is 26.2 Å². The van der Waals surface area contributed by atoms with E-state index >= 15 is 0 Å². The van der Waals surface area contributed by atoms with Gasteiger partial charge in [-0.1, -0.05) is 6.07 Å². The first-order chi connectivity index (χ1) is 14.7. The van der Waals surface area contributed by atoms with Gasteiger partial charge in [0.15, 0.2) is 5.60 Å². The number of morpholine rings is 1. The summed E-state index contributed by atoms with van der Waals surface area (Å²) >= 11 is 3.45. The highest BCUT2D eigenvalue weighted by atomic mass is 32.1. The molecule has 5 heterocycles. The number of rotatable bonds is 5. The monoisotopic (exact) mass is 439 g/mol. The van der Waals surface area contributed by atoms with Gasteiger partial charge in [-0.25, -0.2) is 0 Å². The summed E-state index contributed by atoms with van der Waals surface area (Å²) in [4.78, 5) is 23.9. The van der Waals surface area contributed by atoms with Crippen LogP contribution in [0.2, 0.25) is 0 Å². The van der Waals surface area contributed by atoms with Crippen molar-refractivity contribution < 1.29 is 9.53 Å². The van der Waals surface area contributed by atoms with Crippen molar-refractivity contribution in [2.45, 2.75) is 31.5 Å². The molecule has 0 unspecified atom stereocenters. The Morgan fingerprint density at radius 1 is 1.27 bits per heavy atom. The highest BCUT2D eigenvalue weighted by Gasteiger charge is 2.57. The molecule has 156 valence electrons. The average Bonchev–Trinajstić information content (AvgIpc) is 3.49. The number of likely N-dealkylation sites (tertiary alicyclic amines) is 1. The molecule has 5 rings (SSSR count). The zero-order valence-corrected chi connectivity index (χ0v) is 18.6. The van der Waals surface area contributed by atoms with E-state index in [1.54, 1.807) is 28.9 Å². The van der Waals surface area contributed by atoms with Crippen LogP contribution >= 0.6 is 22.7 Å². The second-order valence-electron chi connectivity index (χ2n) is 8.13. The Labute approximate surface area is 184 Å². The third-order valence-electron chi connectivity index (χ3n) is 6.21. The van der Waals surface area contributed by atoms with Gasteiger partial charge in [0.2, 0.25) is 0 Å². The summed E-state index contributed by atoms with van der Waals surface area (Å²) in [6.07, 6.45) is 3.67. The summed E-state index contributed by atoms with van der Waals surface area (Å²) in [6.45, 7) is 6.27. The van der Waals surface area contributed by atoms with E-state index in [4.69, 9.17) is 4.74 Å². The topological polar surface area (TPSA) is 45.7 Å². The molecule has 0 N–H and O–H groups in total. The fourth-order valence-electron chi connectivity index (χ4n) is 4.64. The average molecular weight is 440 g/mol. The van der Waals surface area contributed by atoms with E-state index in [2.05, 4.69) is 51.1 Å². The molecule has 0 bridgehead atoms. The minimum atomic E-state index is -0.845. The van der Waals surface area contributed by atoms with Crippen molar-refractivity contribution in [3.05, 3.63) is 74.4 Å². The maximum atomic E-state index is 13.8. The summed E-state index contributed by atoms with van der Waals surface area (Å²) in [5.74, 6) is 0.0865. The molecule has 0 saturated carbocycles. The summed E-state index contributed by atoms with van der Waals surface area (Å²) in [5.41, 5.74) is 2.73. The molecule has 1 spiro atoms. The van der Waals surface area contributed by atoms with Gasteiger partial charge >= 0.3 is 0 Å². The quantitative estimate of drug-likeness (QED) is 0.605. The molecule has 7 heteroatoms. The van der Waals surface area contributed by atoms with Crippen molar-refractivity contribution in [1.29, 1.82) is 0 Å².